The first-order chi connectivity index (χ1) is 10.3. The second kappa shape index (κ2) is 4.59. The minimum atomic E-state index is 0.879. The Hall–Kier alpha value is -2.35. The summed E-state index contributed by atoms with van der Waals surface area (Å²) in [5.41, 5.74) is 7.66. The quantitative estimate of drug-likeness (QED) is 0.641. The van der Waals surface area contributed by atoms with E-state index in [1.54, 1.807) is 0 Å². The van der Waals surface area contributed by atoms with Crippen LogP contribution in [-0.2, 0) is 13.5 Å². The van der Waals surface area contributed by atoms with Gasteiger partial charge in [0.1, 0.15) is 0 Å². The van der Waals surface area contributed by atoms with Gasteiger partial charge in [-0.1, -0.05) is 48.0 Å². The van der Waals surface area contributed by atoms with E-state index < -0.39 is 0 Å². The molecular formula is C19H18N2. The molecule has 0 aliphatic carbocycles. The lowest BCUT2D eigenvalue weighted by atomic mass is 9.97. The molecule has 0 radical (unpaired) electrons. The van der Waals surface area contributed by atoms with Gasteiger partial charge in [0, 0.05) is 30.1 Å². The number of aromatic nitrogens is 1. The molecule has 1 aliphatic heterocycles. The molecule has 0 atom stereocenters. The van der Waals surface area contributed by atoms with E-state index in [1.807, 2.05) is 0 Å². The van der Waals surface area contributed by atoms with Gasteiger partial charge in [-0.15, -0.1) is 0 Å². The highest BCUT2D eigenvalue weighted by Gasteiger charge is 2.22. The van der Waals surface area contributed by atoms with Crippen molar-refractivity contribution in [3.63, 3.8) is 0 Å². The third-order valence-electron chi connectivity index (χ3n) is 4.39. The second-order valence-electron chi connectivity index (χ2n) is 5.75. The Labute approximate surface area is 124 Å². The lowest BCUT2D eigenvalue weighted by Crippen LogP contribution is -2.16. The largest absolute Gasteiger partial charge is 0.342 e. The van der Waals surface area contributed by atoms with Gasteiger partial charge in [0.15, 0.2) is 0 Å². The first kappa shape index (κ1) is 12.4. The minimum absolute atomic E-state index is 0.879. The summed E-state index contributed by atoms with van der Waals surface area (Å²) in [6.45, 7) is 3.00. The summed E-state index contributed by atoms with van der Waals surface area (Å²) in [5, 5.41) is 1.37. The second-order valence-corrected chi connectivity index (χ2v) is 5.75. The molecule has 2 heteroatoms. The molecule has 0 fully saturated rings. The number of aryl methyl sites for hydroxylation is 2. The highest BCUT2D eigenvalue weighted by molar-refractivity contribution is 6.16. The van der Waals surface area contributed by atoms with E-state index in [9.17, 15) is 0 Å². The molecule has 2 aromatic carbocycles. The van der Waals surface area contributed by atoms with Gasteiger partial charge in [0.2, 0.25) is 0 Å². The van der Waals surface area contributed by atoms with Crippen molar-refractivity contribution < 1.29 is 0 Å². The fourth-order valence-corrected chi connectivity index (χ4v) is 3.32. The molecule has 0 saturated heterocycles. The zero-order valence-electron chi connectivity index (χ0n) is 12.4. The van der Waals surface area contributed by atoms with Crippen LogP contribution in [0.15, 0.2) is 53.5 Å². The summed E-state index contributed by atoms with van der Waals surface area (Å²) in [5.74, 6) is 0. The SMILES string of the molecule is Cc1ccc(C2=NCCc3c2n(C)c2ccccc32)cc1. The summed E-state index contributed by atoms with van der Waals surface area (Å²) < 4.78 is 2.29. The fraction of sp³-hybridized carbons (Fsp3) is 0.211. The van der Waals surface area contributed by atoms with E-state index in [-0.39, 0.29) is 0 Å². The highest BCUT2D eigenvalue weighted by Crippen LogP contribution is 2.30. The molecule has 0 unspecified atom stereocenters. The van der Waals surface area contributed by atoms with Gasteiger partial charge in [0.25, 0.3) is 0 Å². The first-order valence-corrected chi connectivity index (χ1v) is 7.44. The van der Waals surface area contributed by atoms with Gasteiger partial charge < -0.3 is 4.57 Å². The van der Waals surface area contributed by atoms with Crippen LogP contribution in [0, 0.1) is 6.92 Å². The van der Waals surface area contributed by atoms with E-state index >= 15 is 0 Å². The molecule has 1 aromatic heterocycles. The molecule has 0 spiro atoms. The van der Waals surface area contributed by atoms with E-state index in [0.29, 0.717) is 0 Å². The van der Waals surface area contributed by atoms with E-state index in [2.05, 4.69) is 67.1 Å². The summed E-state index contributed by atoms with van der Waals surface area (Å²) in [6, 6.07) is 17.3. The minimum Gasteiger partial charge on any atom is -0.342 e. The molecule has 0 bridgehead atoms. The number of hydrogen-bond donors (Lipinski definition) is 0. The third kappa shape index (κ3) is 1.83. The molecular weight excluding hydrogens is 256 g/mol. The van der Waals surface area contributed by atoms with Crippen LogP contribution in [-0.4, -0.2) is 16.8 Å². The van der Waals surface area contributed by atoms with Crippen molar-refractivity contribution in [2.45, 2.75) is 13.3 Å². The maximum absolute atomic E-state index is 4.82. The topological polar surface area (TPSA) is 17.3 Å². The number of rotatable bonds is 1. The molecule has 1 aliphatic rings. The van der Waals surface area contributed by atoms with Gasteiger partial charge in [-0.3, -0.25) is 4.99 Å². The van der Waals surface area contributed by atoms with Gasteiger partial charge in [0.05, 0.1) is 11.4 Å². The predicted octanol–water partition coefficient (Wildman–Crippen LogP) is 3.88. The highest BCUT2D eigenvalue weighted by atomic mass is 15.0. The Morgan fingerprint density at radius 3 is 2.57 bits per heavy atom. The summed E-state index contributed by atoms with van der Waals surface area (Å²) in [7, 11) is 2.15. The van der Waals surface area contributed by atoms with Crippen LogP contribution in [0.25, 0.3) is 10.9 Å². The van der Waals surface area contributed by atoms with Crippen molar-refractivity contribution in [3.05, 3.63) is 70.9 Å². The Balaban J connectivity index is 1.98. The zero-order valence-corrected chi connectivity index (χ0v) is 12.4. The number of hydrogen-bond acceptors (Lipinski definition) is 1. The van der Waals surface area contributed by atoms with Gasteiger partial charge in [-0.05, 0) is 25.0 Å². The van der Waals surface area contributed by atoms with Crippen molar-refractivity contribution in [1.29, 1.82) is 0 Å². The van der Waals surface area contributed by atoms with Crippen molar-refractivity contribution in [2.24, 2.45) is 12.0 Å². The monoisotopic (exact) mass is 274 g/mol. The van der Waals surface area contributed by atoms with Crippen LogP contribution >= 0.6 is 0 Å². The lowest BCUT2D eigenvalue weighted by molar-refractivity contribution is 0.888. The molecule has 3 aromatic rings. The summed E-state index contributed by atoms with van der Waals surface area (Å²) in [4.78, 5) is 4.82. The third-order valence-corrected chi connectivity index (χ3v) is 4.39. The van der Waals surface area contributed by atoms with E-state index in [1.165, 1.54) is 33.3 Å². The Morgan fingerprint density at radius 2 is 1.76 bits per heavy atom. The van der Waals surface area contributed by atoms with E-state index in [4.69, 9.17) is 4.99 Å². The number of aliphatic imine (C=N–C) groups is 1. The number of para-hydroxylation sites is 1. The molecule has 21 heavy (non-hydrogen) atoms. The van der Waals surface area contributed by atoms with Crippen molar-refractivity contribution in [1.82, 2.24) is 4.57 Å². The Bertz CT molecular complexity index is 851. The molecule has 2 heterocycles. The standard InChI is InChI=1S/C19H18N2/c1-13-7-9-14(10-8-13)18-19-16(11-12-20-18)15-5-3-4-6-17(15)21(19)2/h3-10H,11-12H2,1-2H3. The van der Waals surface area contributed by atoms with Gasteiger partial charge in [-0.25, -0.2) is 0 Å². The molecule has 0 amide bonds. The van der Waals surface area contributed by atoms with E-state index in [0.717, 1.165) is 18.7 Å². The Morgan fingerprint density at radius 1 is 1.00 bits per heavy atom. The average Bonchev–Trinajstić information content (AvgIpc) is 2.82. The maximum Gasteiger partial charge on any atom is 0.0886 e. The first-order valence-electron chi connectivity index (χ1n) is 7.44. The van der Waals surface area contributed by atoms with Gasteiger partial charge >= 0.3 is 0 Å². The van der Waals surface area contributed by atoms with Crippen LogP contribution < -0.4 is 0 Å². The summed E-state index contributed by atoms with van der Waals surface area (Å²) in [6.07, 6.45) is 1.03. The predicted molar refractivity (Wildman–Crippen MR) is 88.3 cm³/mol. The Kier molecular flexibility index (Phi) is 2.71. The number of benzene rings is 2. The van der Waals surface area contributed by atoms with Crippen molar-refractivity contribution in [2.75, 3.05) is 6.54 Å². The maximum atomic E-state index is 4.82. The van der Waals surface area contributed by atoms with Crippen LogP contribution in [0.3, 0.4) is 0 Å². The zero-order chi connectivity index (χ0) is 14.4. The molecule has 2 nitrogen and oxygen atoms in total. The van der Waals surface area contributed by atoms with Gasteiger partial charge in [-0.2, -0.15) is 0 Å². The molecule has 4 rings (SSSR count). The van der Waals surface area contributed by atoms with Crippen LogP contribution in [0.1, 0.15) is 22.4 Å². The van der Waals surface area contributed by atoms with Crippen molar-refractivity contribution >= 4 is 16.6 Å². The molecule has 104 valence electrons. The number of fused-ring (bicyclic) bond motifs is 3. The fourth-order valence-electron chi connectivity index (χ4n) is 3.32. The van der Waals surface area contributed by atoms with Crippen molar-refractivity contribution in [3.8, 4) is 0 Å². The normalized spacial score (nSPS) is 14.1. The molecule has 0 saturated carbocycles. The smallest absolute Gasteiger partial charge is 0.0886 e. The van der Waals surface area contributed by atoms with Crippen LogP contribution in [0.2, 0.25) is 0 Å². The van der Waals surface area contributed by atoms with Crippen LogP contribution in [0.5, 0.6) is 0 Å². The average molecular weight is 274 g/mol. The summed E-state index contributed by atoms with van der Waals surface area (Å²) >= 11 is 0. The lowest BCUT2D eigenvalue weighted by Gasteiger charge is -2.16. The van der Waals surface area contributed by atoms with Crippen LogP contribution in [0.4, 0.5) is 0 Å². The number of nitrogens with zero attached hydrogens (tertiary/aromatic N) is 2. The molecule has 0 N–H and O–H groups in total.